The molecule has 1 aromatic rings. The monoisotopic (exact) mass is 490 g/mol. The van der Waals surface area contributed by atoms with E-state index in [9.17, 15) is 4.79 Å². The molecule has 0 aromatic heterocycles. The van der Waals surface area contributed by atoms with E-state index >= 15 is 0 Å². The predicted molar refractivity (Wildman–Crippen MR) is 118 cm³/mol. The number of amides is 1. The van der Waals surface area contributed by atoms with Gasteiger partial charge in [0.25, 0.3) is 0 Å². The van der Waals surface area contributed by atoms with Gasteiger partial charge in [0.05, 0.1) is 19.7 Å². The zero-order valence-corrected chi connectivity index (χ0v) is 18.7. The van der Waals surface area contributed by atoms with E-state index in [1.807, 2.05) is 32.0 Å². The lowest BCUT2D eigenvalue weighted by atomic mass is 10.1. The quantitative estimate of drug-likeness (QED) is 0.202. The Morgan fingerprint density at radius 3 is 2.70 bits per heavy atom. The van der Waals surface area contributed by atoms with Crippen molar-refractivity contribution >= 4 is 35.8 Å². The normalized spacial score (nSPS) is 13.5. The first kappa shape index (κ1) is 23.5. The lowest BCUT2D eigenvalue weighted by Gasteiger charge is -2.13. The van der Waals surface area contributed by atoms with Crippen molar-refractivity contribution in [1.82, 2.24) is 16.0 Å². The third-order valence-corrected chi connectivity index (χ3v) is 3.88. The van der Waals surface area contributed by atoms with E-state index in [1.165, 1.54) is 0 Å². The Morgan fingerprint density at radius 1 is 1.26 bits per heavy atom. The van der Waals surface area contributed by atoms with Crippen molar-refractivity contribution in [1.29, 1.82) is 0 Å². The Labute approximate surface area is 178 Å². The van der Waals surface area contributed by atoms with Crippen LogP contribution >= 0.6 is 24.0 Å². The van der Waals surface area contributed by atoms with Crippen LogP contribution in [0.2, 0.25) is 0 Å². The van der Waals surface area contributed by atoms with Crippen molar-refractivity contribution in [2.45, 2.75) is 39.3 Å². The van der Waals surface area contributed by atoms with Gasteiger partial charge in [0.1, 0.15) is 12.4 Å². The van der Waals surface area contributed by atoms with Crippen LogP contribution in [0.1, 0.15) is 30.9 Å². The van der Waals surface area contributed by atoms with Crippen LogP contribution in [0.4, 0.5) is 0 Å². The first-order valence-corrected chi connectivity index (χ1v) is 9.15. The minimum absolute atomic E-state index is 0. The number of ether oxygens (including phenoxy) is 2. The molecular weight excluding hydrogens is 459 g/mol. The minimum atomic E-state index is -0.00275. The van der Waals surface area contributed by atoms with Gasteiger partial charge < -0.3 is 25.4 Å². The molecule has 1 amide bonds. The molecule has 1 aromatic carbocycles. The number of hydrogen-bond acceptors (Lipinski definition) is 4. The third kappa shape index (κ3) is 9.28. The largest absolute Gasteiger partial charge is 0.491 e. The first-order valence-electron chi connectivity index (χ1n) is 9.15. The number of nitrogens with zero attached hydrogens (tertiary/aromatic N) is 1. The first-order chi connectivity index (χ1) is 12.6. The van der Waals surface area contributed by atoms with Crippen LogP contribution in [-0.4, -0.2) is 51.3 Å². The van der Waals surface area contributed by atoms with Crippen LogP contribution in [0.15, 0.2) is 23.2 Å². The summed E-state index contributed by atoms with van der Waals surface area (Å²) in [5.41, 5.74) is 2.12. The number of aliphatic imine (C=N–C) groups is 1. The predicted octanol–water partition coefficient (Wildman–Crippen LogP) is 1.97. The minimum Gasteiger partial charge on any atom is -0.491 e. The Bertz CT molecular complexity index is 621. The molecule has 0 unspecified atom stereocenters. The number of hydrogen-bond donors (Lipinski definition) is 3. The van der Waals surface area contributed by atoms with Crippen molar-refractivity contribution in [3.05, 3.63) is 29.3 Å². The molecule has 0 aliphatic heterocycles. The van der Waals surface area contributed by atoms with Gasteiger partial charge in [0, 0.05) is 25.3 Å². The van der Waals surface area contributed by atoms with Crippen molar-refractivity contribution in [2.24, 2.45) is 4.99 Å². The Morgan fingerprint density at radius 2 is 2.04 bits per heavy atom. The molecular formula is C19H31IN4O3. The molecule has 8 heteroatoms. The highest BCUT2D eigenvalue weighted by Crippen LogP contribution is 2.21. The number of benzene rings is 1. The number of carbonyl (C=O) groups is 1. The Balaban J connectivity index is 0.00000364. The van der Waals surface area contributed by atoms with Gasteiger partial charge in [-0.25, -0.2) is 4.99 Å². The van der Waals surface area contributed by atoms with Gasteiger partial charge in [-0.3, -0.25) is 4.79 Å². The molecule has 0 radical (unpaired) electrons. The molecule has 0 atom stereocenters. The highest BCUT2D eigenvalue weighted by Gasteiger charge is 2.22. The summed E-state index contributed by atoms with van der Waals surface area (Å²) >= 11 is 0. The summed E-state index contributed by atoms with van der Waals surface area (Å²) in [6.07, 6.45) is 2.17. The molecule has 1 aliphatic rings. The van der Waals surface area contributed by atoms with Gasteiger partial charge in [-0.05, 0) is 38.3 Å². The summed E-state index contributed by atoms with van der Waals surface area (Å²) in [7, 11) is 1.65. The average Bonchev–Trinajstić information content (AvgIpc) is 3.43. The lowest BCUT2D eigenvalue weighted by Crippen LogP contribution is -2.43. The molecule has 2 rings (SSSR count). The van der Waals surface area contributed by atoms with Gasteiger partial charge in [-0.2, -0.15) is 0 Å². The Hall–Kier alpha value is -1.55. The molecule has 1 aliphatic carbocycles. The van der Waals surface area contributed by atoms with Gasteiger partial charge in [-0.15, -0.1) is 24.0 Å². The zero-order chi connectivity index (χ0) is 18.8. The SMILES string of the molecule is CCNC(=NCc1ccc(C)cc1OCCOC)NCC(=O)NC1CC1.I. The maximum absolute atomic E-state index is 11.8. The average molecular weight is 490 g/mol. The van der Waals surface area contributed by atoms with E-state index in [0.29, 0.717) is 31.8 Å². The van der Waals surface area contributed by atoms with E-state index in [0.717, 1.165) is 36.3 Å². The van der Waals surface area contributed by atoms with E-state index < -0.39 is 0 Å². The number of nitrogens with one attached hydrogen (secondary N) is 3. The molecule has 3 N–H and O–H groups in total. The van der Waals surface area contributed by atoms with Gasteiger partial charge >= 0.3 is 0 Å². The van der Waals surface area contributed by atoms with Crippen LogP contribution in [0.3, 0.4) is 0 Å². The van der Waals surface area contributed by atoms with Gasteiger partial charge in [0.2, 0.25) is 5.91 Å². The molecule has 0 heterocycles. The summed E-state index contributed by atoms with van der Waals surface area (Å²) in [5.74, 6) is 1.42. The molecule has 0 bridgehead atoms. The molecule has 7 nitrogen and oxygen atoms in total. The number of guanidine groups is 1. The molecule has 27 heavy (non-hydrogen) atoms. The fraction of sp³-hybridized carbons (Fsp3) is 0.579. The second-order valence-corrected chi connectivity index (χ2v) is 6.34. The fourth-order valence-corrected chi connectivity index (χ4v) is 2.34. The van der Waals surface area contributed by atoms with E-state index in [-0.39, 0.29) is 36.4 Å². The number of methoxy groups -OCH3 is 1. The highest BCUT2D eigenvalue weighted by atomic mass is 127. The number of rotatable bonds is 10. The summed E-state index contributed by atoms with van der Waals surface area (Å²) in [5, 5.41) is 9.18. The topological polar surface area (TPSA) is 84.0 Å². The van der Waals surface area contributed by atoms with E-state index in [2.05, 4.69) is 20.9 Å². The molecule has 152 valence electrons. The highest BCUT2D eigenvalue weighted by molar-refractivity contribution is 14.0. The van der Waals surface area contributed by atoms with Crippen molar-refractivity contribution in [3.8, 4) is 5.75 Å². The zero-order valence-electron chi connectivity index (χ0n) is 16.3. The fourth-order valence-electron chi connectivity index (χ4n) is 2.34. The van der Waals surface area contributed by atoms with Crippen LogP contribution in [0.25, 0.3) is 0 Å². The van der Waals surface area contributed by atoms with Crippen LogP contribution in [0.5, 0.6) is 5.75 Å². The maximum Gasteiger partial charge on any atom is 0.239 e. The summed E-state index contributed by atoms with van der Waals surface area (Å²) in [4.78, 5) is 16.4. The van der Waals surface area contributed by atoms with Gasteiger partial charge in [-0.1, -0.05) is 12.1 Å². The van der Waals surface area contributed by atoms with Crippen molar-refractivity contribution in [2.75, 3.05) is 33.4 Å². The summed E-state index contributed by atoms with van der Waals surface area (Å²) in [6, 6.07) is 6.43. The number of carbonyl (C=O) groups excluding carboxylic acids is 1. The molecule has 1 fully saturated rings. The second kappa shape index (κ2) is 12.8. The maximum atomic E-state index is 11.8. The van der Waals surface area contributed by atoms with Crippen LogP contribution in [-0.2, 0) is 16.1 Å². The van der Waals surface area contributed by atoms with Crippen LogP contribution < -0.4 is 20.7 Å². The summed E-state index contributed by atoms with van der Waals surface area (Å²) < 4.78 is 10.8. The van der Waals surface area contributed by atoms with Crippen molar-refractivity contribution < 1.29 is 14.3 Å². The molecule has 0 saturated heterocycles. The summed E-state index contributed by atoms with van der Waals surface area (Å²) in [6.45, 7) is 6.46. The van der Waals surface area contributed by atoms with Crippen LogP contribution in [0, 0.1) is 6.92 Å². The van der Waals surface area contributed by atoms with Gasteiger partial charge in [0.15, 0.2) is 5.96 Å². The standard InChI is InChI=1S/C19H30N4O3.HI/c1-4-20-19(22-13-18(24)23-16-7-8-16)21-12-15-6-5-14(2)11-17(15)26-10-9-25-3;/h5-6,11,16H,4,7-10,12-13H2,1-3H3,(H,23,24)(H2,20,21,22);1H. The smallest absolute Gasteiger partial charge is 0.239 e. The lowest BCUT2D eigenvalue weighted by molar-refractivity contribution is -0.120. The van der Waals surface area contributed by atoms with E-state index in [4.69, 9.17) is 9.47 Å². The third-order valence-electron chi connectivity index (χ3n) is 3.88. The Kier molecular flexibility index (Phi) is 11.1. The van der Waals surface area contributed by atoms with E-state index in [1.54, 1.807) is 7.11 Å². The number of halogens is 1. The molecule has 1 saturated carbocycles. The number of aryl methyl sites for hydroxylation is 1. The van der Waals surface area contributed by atoms with Crippen molar-refractivity contribution in [3.63, 3.8) is 0 Å². The second-order valence-electron chi connectivity index (χ2n) is 6.34. The molecule has 0 spiro atoms.